The number of benzene rings is 1. The smallest absolute Gasteiger partial charge is 0.418 e. The summed E-state index contributed by atoms with van der Waals surface area (Å²) in [6.07, 6.45) is -6.09. The summed E-state index contributed by atoms with van der Waals surface area (Å²) < 4.78 is 48.7. The van der Waals surface area contributed by atoms with Gasteiger partial charge in [0.15, 0.2) is 6.10 Å². The van der Waals surface area contributed by atoms with Gasteiger partial charge in [0.1, 0.15) is 11.5 Å². The number of hydrogen-bond acceptors (Lipinski definition) is 3. The van der Waals surface area contributed by atoms with E-state index in [2.05, 4.69) is 0 Å². The molecule has 21 heavy (non-hydrogen) atoms. The lowest BCUT2D eigenvalue weighted by molar-refractivity contribution is -0.207. The van der Waals surface area contributed by atoms with Gasteiger partial charge in [-0.05, 0) is 18.9 Å². The van der Waals surface area contributed by atoms with E-state index in [1.807, 2.05) is 13.8 Å². The first-order valence-corrected chi connectivity index (χ1v) is 7.02. The maximum atomic E-state index is 12.7. The zero-order chi connectivity index (χ0) is 16.0. The Morgan fingerprint density at radius 3 is 2.10 bits per heavy atom. The molecule has 7 heteroatoms. The molecule has 1 N–H and O–H groups in total. The molecular weight excluding hydrogens is 309 g/mol. The van der Waals surface area contributed by atoms with Crippen LogP contribution in [-0.4, -0.2) is 24.5 Å². The Morgan fingerprint density at radius 1 is 1.10 bits per heavy atom. The Morgan fingerprint density at radius 2 is 1.62 bits per heavy atom. The molecule has 1 rings (SSSR count). The van der Waals surface area contributed by atoms with Gasteiger partial charge in [-0.25, -0.2) is 0 Å². The van der Waals surface area contributed by atoms with Gasteiger partial charge in [0, 0.05) is 11.6 Å². The molecule has 0 saturated heterocycles. The number of halogens is 4. The molecule has 0 aliphatic rings. The van der Waals surface area contributed by atoms with E-state index >= 15 is 0 Å². The van der Waals surface area contributed by atoms with E-state index < -0.39 is 17.8 Å². The molecule has 1 atom stereocenters. The average Bonchev–Trinajstić information content (AvgIpc) is 2.42. The average molecular weight is 327 g/mol. The van der Waals surface area contributed by atoms with E-state index in [1.54, 1.807) is 0 Å². The highest BCUT2D eigenvalue weighted by Crippen LogP contribution is 2.41. The van der Waals surface area contributed by atoms with Crippen molar-refractivity contribution in [3.63, 3.8) is 0 Å². The summed E-state index contributed by atoms with van der Waals surface area (Å²) in [5.74, 6) is 0.167. The van der Waals surface area contributed by atoms with Crippen LogP contribution in [0.1, 0.15) is 38.4 Å². The zero-order valence-corrected chi connectivity index (χ0v) is 12.6. The maximum absolute atomic E-state index is 12.7. The minimum absolute atomic E-state index is 0.00518. The lowest BCUT2D eigenvalue weighted by Gasteiger charge is -2.20. The molecule has 3 nitrogen and oxygen atoms in total. The van der Waals surface area contributed by atoms with Crippen LogP contribution in [0.3, 0.4) is 0 Å². The van der Waals surface area contributed by atoms with Crippen molar-refractivity contribution in [3.8, 4) is 11.5 Å². The Hall–Kier alpha value is -1.14. The molecule has 0 saturated carbocycles. The topological polar surface area (TPSA) is 38.7 Å². The van der Waals surface area contributed by atoms with Gasteiger partial charge in [-0.15, -0.1) is 0 Å². The summed E-state index contributed by atoms with van der Waals surface area (Å²) in [5.41, 5.74) is -0.412. The van der Waals surface area contributed by atoms with Crippen LogP contribution in [-0.2, 0) is 0 Å². The van der Waals surface area contributed by atoms with Crippen LogP contribution in [0.5, 0.6) is 11.5 Å². The van der Waals surface area contributed by atoms with Crippen LogP contribution in [0.15, 0.2) is 12.1 Å². The lowest BCUT2D eigenvalue weighted by Crippen LogP contribution is -2.21. The number of alkyl halides is 3. The Bertz CT molecular complexity index is 464. The molecule has 120 valence electrons. The predicted molar refractivity (Wildman–Crippen MR) is 74.0 cm³/mol. The highest BCUT2D eigenvalue weighted by molar-refractivity contribution is 6.32. The largest absolute Gasteiger partial charge is 0.493 e. The monoisotopic (exact) mass is 326 g/mol. The molecule has 0 heterocycles. The van der Waals surface area contributed by atoms with Gasteiger partial charge in [-0.3, -0.25) is 0 Å². The molecule has 0 aliphatic heterocycles. The normalized spacial score (nSPS) is 13.1. The van der Waals surface area contributed by atoms with Crippen molar-refractivity contribution in [2.24, 2.45) is 0 Å². The zero-order valence-electron chi connectivity index (χ0n) is 11.8. The van der Waals surface area contributed by atoms with Crippen molar-refractivity contribution in [1.82, 2.24) is 0 Å². The van der Waals surface area contributed by atoms with Gasteiger partial charge in [0.25, 0.3) is 0 Å². The van der Waals surface area contributed by atoms with Crippen LogP contribution in [0.4, 0.5) is 13.2 Å². The second-order valence-corrected chi connectivity index (χ2v) is 4.87. The van der Waals surface area contributed by atoms with Crippen molar-refractivity contribution in [3.05, 3.63) is 22.7 Å². The minimum atomic E-state index is -4.79. The molecule has 0 bridgehead atoms. The summed E-state index contributed by atoms with van der Waals surface area (Å²) in [5, 5.41) is 9.43. The fourth-order valence-electron chi connectivity index (χ4n) is 1.60. The quantitative estimate of drug-likeness (QED) is 0.801. The molecule has 0 amide bonds. The maximum Gasteiger partial charge on any atom is 0.418 e. The summed E-state index contributed by atoms with van der Waals surface area (Å²) in [7, 11) is 0. The number of aliphatic hydroxyl groups excluding tert-OH is 1. The number of hydrogen-bond donors (Lipinski definition) is 1. The van der Waals surface area contributed by atoms with Crippen LogP contribution in [0.25, 0.3) is 0 Å². The third-order valence-electron chi connectivity index (χ3n) is 2.59. The van der Waals surface area contributed by atoms with Crippen LogP contribution in [0, 0.1) is 0 Å². The van der Waals surface area contributed by atoms with Crippen LogP contribution in [0.2, 0.25) is 5.02 Å². The van der Waals surface area contributed by atoms with Gasteiger partial charge in [-0.2, -0.15) is 13.2 Å². The van der Waals surface area contributed by atoms with Crippen LogP contribution >= 0.6 is 11.6 Å². The van der Waals surface area contributed by atoms with Crippen molar-refractivity contribution in [2.45, 2.75) is 39.0 Å². The lowest BCUT2D eigenvalue weighted by atomic mass is 10.1. The molecule has 1 aromatic carbocycles. The fourth-order valence-corrected chi connectivity index (χ4v) is 1.83. The Labute approximate surface area is 126 Å². The highest BCUT2D eigenvalue weighted by Gasteiger charge is 2.41. The molecule has 0 aromatic heterocycles. The fraction of sp³-hybridized carbons (Fsp3) is 0.571. The van der Waals surface area contributed by atoms with Gasteiger partial charge in [0.2, 0.25) is 0 Å². The Balaban J connectivity index is 3.18. The minimum Gasteiger partial charge on any atom is -0.493 e. The van der Waals surface area contributed by atoms with E-state index in [0.717, 1.165) is 12.5 Å². The number of rotatable bonds is 7. The molecule has 0 radical (unpaired) electrons. The number of ether oxygens (including phenoxy) is 2. The van der Waals surface area contributed by atoms with E-state index in [9.17, 15) is 18.3 Å². The summed E-state index contributed by atoms with van der Waals surface area (Å²) in [6.45, 7) is 4.33. The Kier molecular flexibility index (Phi) is 6.61. The first-order valence-electron chi connectivity index (χ1n) is 6.65. The molecule has 1 unspecified atom stereocenters. The molecular formula is C14H18ClF3O3. The van der Waals surface area contributed by atoms with Crippen molar-refractivity contribution >= 4 is 11.6 Å². The summed E-state index contributed by atoms with van der Waals surface area (Å²) >= 11 is 5.91. The first-order chi connectivity index (χ1) is 9.81. The third-order valence-corrected chi connectivity index (χ3v) is 2.89. The first kappa shape index (κ1) is 17.9. The number of aliphatic hydroxyl groups is 1. The van der Waals surface area contributed by atoms with Crippen molar-refractivity contribution < 1.29 is 27.8 Å². The molecule has 0 aliphatic carbocycles. The van der Waals surface area contributed by atoms with Crippen LogP contribution < -0.4 is 9.47 Å². The van der Waals surface area contributed by atoms with Gasteiger partial charge >= 0.3 is 6.18 Å². The van der Waals surface area contributed by atoms with Gasteiger partial charge in [0.05, 0.1) is 18.2 Å². The van der Waals surface area contributed by atoms with E-state index in [-0.39, 0.29) is 23.1 Å². The molecule has 0 spiro atoms. The SMILES string of the molecule is CCCOc1cc(OCCC)c(C(O)C(F)(F)F)cc1Cl. The highest BCUT2D eigenvalue weighted by atomic mass is 35.5. The predicted octanol–water partition coefficient (Wildman–Crippen LogP) is 4.51. The second kappa shape index (κ2) is 7.75. The van der Waals surface area contributed by atoms with E-state index in [1.165, 1.54) is 6.07 Å². The molecule has 0 fully saturated rings. The van der Waals surface area contributed by atoms with Gasteiger partial charge in [-0.1, -0.05) is 25.4 Å². The second-order valence-electron chi connectivity index (χ2n) is 4.46. The molecule has 1 aromatic rings. The van der Waals surface area contributed by atoms with E-state index in [4.69, 9.17) is 21.1 Å². The summed E-state index contributed by atoms with van der Waals surface area (Å²) in [6, 6.07) is 2.33. The third kappa shape index (κ3) is 4.97. The summed E-state index contributed by atoms with van der Waals surface area (Å²) in [4.78, 5) is 0. The van der Waals surface area contributed by atoms with Gasteiger partial charge < -0.3 is 14.6 Å². The van der Waals surface area contributed by atoms with Crippen molar-refractivity contribution in [2.75, 3.05) is 13.2 Å². The van der Waals surface area contributed by atoms with Crippen molar-refractivity contribution in [1.29, 1.82) is 0 Å². The van der Waals surface area contributed by atoms with E-state index in [0.29, 0.717) is 13.0 Å². The standard InChI is InChI=1S/C14H18ClF3O3/c1-3-5-20-11-8-12(21-6-4-2)10(15)7-9(11)13(19)14(16,17)18/h7-8,13,19H,3-6H2,1-2H3.